The van der Waals surface area contributed by atoms with E-state index in [2.05, 4.69) is 19.9 Å². The lowest BCUT2D eigenvalue weighted by atomic mass is 10.1. The molecule has 24 heavy (non-hydrogen) atoms. The van der Waals surface area contributed by atoms with Gasteiger partial charge in [0.2, 0.25) is 5.88 Å². The van der Waals surface area contributed by atoms with Gasteiger partial charge >= 0.3 is 0 Å². The van der Waals surface area contributed by atoms with Crippen LogP contribution >= 0.6 is 0 Å². The molecule has 0 atom stereocenters. The molecule has 0 unspecified atom stereocenters. The molecule has 0 saturated carbocycles. The topological polar surface area (TPSA) is 65.7 Å². The third-order valence-corrected chi connectivity index (χ3v) is 3.77. The Morgan fingerprint density at radius 3 is 2.75 bits per heavy atom. The van der Waals surface area contributed by atoms with Gasteiger partial charge in [0.25, 0.3) is 0 Å². The molecule has 0 N–H and O–H groups in total. The van der Waals surface area contributed by atoms with Crippen LogP contribution in [-0.2, 0) is 0 Å². The summed E-state index contributed by atoms with van der Waals surface area (Å²) in [6, 6.07) is 9.69. The van der Waals surface area contributed by atoms with E-state index in [1.54, 1.807) is 25.8 Å². The number of fused-ring (bicyclic) bond motifs is 1. The fourth-order valence-electron chi connectivity index (χ4n) is 2.59. The van der Waals surface area contributed by atoms with Crippen molar-refractivity contribution >= 4 is 11.0 Å². The van der Waals surface area contributed by atoms with Crippen LogP contribution in [0.1, 0.15) is 5.69 Å². The van der Waals surface area contributed by atoms with Crippen molar-refractivity contribution in [1.82, 2.24) is 24.5 Å². The van der Waals surface area contributed by atoms with Gasteiger partial charge in [0, 0.05) is 24.2 Å². The third kappa shape index (κ3) is 2.48. The fraction of sp³-hybridized carbons (Fsp3) is 0.111. The highest BCUT2D eigenvalue weighted by Crippen LogP contribution is 2.26. The third-order valence-electron chi connectivity index (χ3n) is 3.77. The summed E-state index contributed by atoms with van der Waals surface area (Å²) in [6.45, 7) is 1.94. The van der Waals surface area contributed by atoms with Crippen molar-refractivity contribution in [2.45, 2.75) is 6.92 Å². The van der Waals surface area contributed by atoms with E-state index in [1.165, 1.54) is 0 Å². The second kappa shape index (κ2) is 5.73. The van der Waals surface area contributed by atoms with E-state index >= 15 is 0 Å². The maximum atomic E-state index is 5.46. The predicted octanol–water partition coefficient (Wildman–Crippen LogP) is 3.19. The molecule has 0 spiro atoms. The van der Waals surface area contributed by atoms with E-state index < -0.39 is 0 Å². The van der Waals surface area contributed by atoms with Crippen LogP contribution in [0.3, 0.4) is 0 Å². The minimum Gasteiger partial charge on any atom is -0.479 e. The molecule has 0 amide bonds. The Balaban J connectivity index is 1.80. The molecule has 0 aliphatic carbocycles. The van der Waals surface area contributed by atoms with Crippen LogP contribution < -0.4 is 4.74 Å². The van der Waals surface area contributed by atoms with E-state index in [1.807, 2.05) is 48.0 Å². The minimum atomic E-state index is 0.533. The predicted molar refractivity (Wildman–Crippen MR) is 91.2 cm³/mol. The van der Waals surface area contributed by atoms with Crippen molar-refractivity contribution in [2.24, 2.45) is 0 Å². The van der Waals surface area contributed by atoms with Gasteiger partial charge < -0.3 is 9.30 Å². The maximum Gasteiger partial charge on any atom is 0.238 e. The van der Waals surface area contributed by atoms with E-state index in [0.717, 1.165) is 33.7 Å². The van der Waals surface area contributed by atoms with Gasteiger partial charge in [-0.1, -0.05) is 0 Å². The molecule has 0 aromatic carbocycles. The molecule has 4 aromatic heterocycles. The number of pyridine rings is 3. The molecule has 0 saturated heterocycles. The molecule has 4 rings (SSSR count). The lowest BCUT2D eigenvalue weighted by Gasteiger charge is -2.10. The van der Waals surface area contributed by atoms with Gasteiger partial charge in [-0.15, -0.1) is 0 Å². The van der Waals surface area contributed by atoms with Gasteiger partial charge in [0.15, 0.2) is 0 Å². The van der Waals surface area contributed by atoms with Crippen LogP contribution in [-0.4, -0.2) is 31.6 Å². The fourth-order valence-corrected chi connectivity index (χ4v) is 2.59. The second-order valence-corrected chi connectivity index (χ2v) is 5.41. The van der Waals surface area contributed by atoms with Crippen molar-refractivity contribution in [2.75, 3.05) is 7.11 Å². The molecule has 0 aliphatic heterocycles. The Morgan fingerprint density at radius 2 is 1.96 bits per heavy atom. The lowest BCUT2D eigenvalue weighted by Crippen LogP contribution is -1.99. The highest BCUT2D eigenvalue weighted by atomic mass is 16.5. The molecule has 4 heterocycles. The number of aromatic nitrogens is 5. The highest BCUT2D eigenvalue weighted by molar-refractivity contribution is 5.79. The quantitative estimate of drug-likeness (QED) is 0.580. The minimum absolute atomic E-state index is 0.533. The SMILES string of the molecule is COc1nc(-c2cnc3cccnc3c2)ccc1-n1cnc(C)c1. The zero-order valence-corrected chi connectivity index (χ0v) is 13.3. The first-order valence-electron chi connectivity index (χ1n) is 7.52. The highest BCUT2D eigenvalue weighted by Gasteiger charge is 2.11. The van der Waals surface area contributed by atoms with Crippen LogP contribution in [0.25, 0.3) is 28.0 Å². The Bertz CT molecular complexity index is 1020. The van der Waals surface area contributed by atoms with Gasteiger partial charge in [0.1, 0.15) is 5.69 Å². The van der Waals surface area contributed by atoms with Crippen LogP contribution in [0.15, 0.2) is 55.2 Å². The molecule has 0 fully saturated rings. The number of rotatable bonds is 3. The molecule has 4 aromatic rings. The summed E-state index contributed by atoms with van der Waals surface area (Å²) in [5.41, 5.74) is 5.16. The van der Waals surface area contributed by atoms with Crippen molar-refractivity contribution in [3.05, 3.63) is 60.9 Å². The monoisotopic (exact) mass is 317 g/mol. The zero-order chi connectivity index (χ0) is 16.5. The number of hydrogen-bond donors (Lipinski definition) is 0. The van der Waals surface area contributed by atoms with Crippen LogP contribution in [0, 0.1) is 6.92 Å². The Morgan fingerprint density at radius 1 is 1.04 bits per heavy atom. The summed E-state index contributed by atoms with van der Waals surface area (Å²) in [5.74, 6) is 0.533. The van der Waals surface area contributed by atoms with E-state index in [-0.39, 0.29) is 0 Å². The van der Waals surface area contributed by atoms with Gasteiger partial charge in [-0.2, -0.15) is 0 Å². The van der Waals surface area contributed by atoms with Crippen molar-refractivity contribution in [3.8, 4) is 22.8 Å². The van der Waals surface area contributed by atoms with Crippen LogP contribution in [0.5, 0.6) is 5.88 Å². The van der Waals surface area contributed by atoms with E-state index in [0.29, 0.717) is 5.88 Å². The number of hydrogen-bond acceptors (Lipinski definition) is 5. The second-order valence-electron chi connectivity index (χ2n) is 5.41. The number of ether oxygens (including phenoxy) is 1. The number of aryl methyl sites for hydroxylation is 1. The first-order chi connectivity index (χ1) is 11.7. The molecule has 0 bridgehead atoms. The van der Waals surface area contributed by atoms with Crippen molar-refractivity contribution in [1.29, 1.82) is 0 Å². The molecular formula is C18H15N5O. The number of methoxy groups -OCH3 is 1. The van der Waals surface area contributed by atoms with Crippen LogP contribution in [0.4, 0.5) is 0 Å². The first kappa shape index (κ1) is 14.3. The smallest absolute Gasteiger partial charge is 0.238 e. The van der Waals surface area contributed by atoms with E-state index in [4.69, 9.17) is 4.74 Å². The van der Waals surface area contributed by atoms with Crippen molar-refractivity contribution in [3.63, 3.8) is 0 Å². The van der Waals surface area contributed by atoms with Gasteiger partial charge in [-0.3, -0.25) is 9.97 Å². The zero-order valence-electron chi connectivity index (χ0n) is 13.3. The Hall–Kier alpha value is -3.28. The maximum absolute atomic E-state index is 5.46. The number of imidazole rings is 1. The lowest BCUT2D eigenvalue weighted by molar-refractivity contribution is 0.396. The molecule has 6 heteroatoms. The van der Waals surface area contributed by atoms with Gasteiger partial charge in [-0.25, -0.2) is 9.97 Å². The number of nitrogens with zero attached hydrogens (tertiary/aromatic N) is 5. The summed E-state index contributed by atoms with van der Waals surface area (Å²) in [7, 11) is 1.61. The standard InChI is InChI=1S/C18H15N5O/c1-12-10-23(11-21-12)17-6-5-14(22-18(17)24-2)13-8-16-15(20-9-13)4-3-7-19-16/h3-11H,1-2H3. The normalized spacial score (nSPS) is 10.9. The van der Waals surface area contributed by atoms with Crippen molar-refractivity contribution < 1.29 is 4.74 Å². The molecule has 6 nitrogen and oxygen atoms in total. The summed E-state index contributed by atoms with van der Waals surface area (Å²) in [4.78, 5) is 17.6. The Kier molecular flexibility index (Phi) is 3.42. The van der Waals surface area contributed by atoms with E-state index in [9.17, 15) is 0 Å². The average Bonchev–Trinajstić information content (AvgIpc) is 3.07. The summed E-state index contributed by atoms with van der Waals surface area (Å²) in [5, 5.41) is 0. The summed E-state index contributed by atoms with van der Waals surface area (Å²) >= 11 is 0. The molecule has 0 aliphatic rings. The summed E-state index contributed by atoms with van der Waals surface area (Å²) in [6.07, 6.45) is 7.23. The average molecular weight is 317 g/mol. The molecule has 0 radical (unpaired) electrons. The molecular weight excluding hydrogens is 302 g/mol. The molecule has 118 valence electrons. The van der Waals surface area contributed by atoms with Gasteiger partial charge in [0.05, 0.1) is 35.9 Å². The largest absolute Gasteiger partial charge is 0.479 e. The van der Waals surface area contributed by atoms with Crippen LogP contribution in [0.2, 0.25) is 0 Å². The first-order valence-corrected chi connectivity index (χ1v) is 7.52. The van der Waals surface area contributed by atoms with Gasteiger partial charge in [-0.05, 0) is 37.3 Å². The Labute approximate surface area is 138 Å². The summed E-state index contributed by atoms with van der Waals surface area (Å²) < 4.78 is 7.36.